The first-order valence-electron chi connectivity index (χ1n) is 11.2. The molecule has 0 bridgehead atoms. The number of aromatic nitrogens is 5. The first-order valence-corrected chi connectivity index (χ1v) is 11.2. The molecule has 3 aromatic heterocycles. The fourth-order valence-electron chi connectivity index (χ4n) is 4.25. The third kappa shape index (κ3) is 4.25. The van der Waals surface area contributed by atoms with Gasteiger partial charge in [0.25, 0.3) is 5.91 Å². The van der Waals surface area contributed by atoms with Crippen LogP contribution in [0.15, 0.2) is 23.1 Å². The molecule has 2 aliphatic carbocycles. The fraction of sp³-hybridized carbons (Fsp3) is 0.500. The zero-order chi connectivity index (χ0) is 25.7. The van der Waals surface area contributed by atoms with Crippen LogP contribution in [-0.2, 0) is 11.3 Å². The summed E-state index contributed by atoms with van der Waals surface area (Å²) in [5, 5.41) is 26.4. The molecule has 2 amide bonds. The van der Waals surface area contributed by atoms with E-state index in [1.165, 1.54) is 10.7 Å². The third-order valence-electron chi connectivity index (χ3n) is 6.85. The van der Waals surface area contributed by atoms with Crippen LogP contribution in [0.5, 0.6) is 0 Å². The van der Waals surface area contributed by atoms with Crippen LogP contribution in [0.25, 0.3) is 5.65 Å². The molecule has 188 valence electrons. The van der Waals surface area contributed by atoms with E-state index in [1.807, 2.05) is 0 Å². The molecule has 3 aromatic rings. The fourth-order valence-corrected chi connectivity index (χ4v) is 4.25. The average Bonchev–Trinajstić information content (AvgIpc) is 3.71. The molecule has 0 radical (unpaired) electrons. The smallest absolute Gasteiger partial charge is 0.348 e. The number of carbonyl (C=O) groups excluding carboxylic acids is 2. The number of imidazole rings is 1. The van der Waals surface area contributed by atoms with Crippen molar-refractivity contribution in [2.24, 2.45) is 10.8 Å². The van der Waals surface area contributed by atoms with Crippen molar-refractivity contribution in [2.75, 3.05) is 0 Å². The molecule has 2 N–H and O–H groups in total. The Morgan fingerprint density at radius 2 is 2.03 bits per heavy atom. The molecular formula is C22H21F3N8O3. The number of alkyl halides is 3. The van der Waals surface area contributed by atoms with Crippen molar-refractivity contribution in [2.45, 2.75) is 57.8 Å². The number of hydrogen-bond donors (Lipinski definition) is 2. The normalized spacial score (nSPS) is 18.3. The van der Waals surface area contributed by atoms with Gasteiger partial charge in [0.2, 0.25) is 5.91 Å². The second-order valence-electron chi connectivity index (χ2n) is 9.43. The van der Waals surface area contributed by atoms with Gasteiger partial charge in [0.1, 0.15) is 5.69 Å². The van der Waals surface area contributed by atoms with Gasteiger partial charge in [0, 0.05) is 6.42 Å². The topological polar surface area (TPSA) is 151 Å². The average molecular weight is 502 g/mol. The number of nitrogens with zero attached hydrogens (tertiary/aromatic N) is 6. The molecule has 3 heterocycles. The Hall–Kier alpha value is -4.02. The number of nitrogens with one attached hydrogen (secondary N) is 2. The summed E-state index contributed by atoms with van der Waals surface area (Å²) in [7, 11) is 0. The Bertz CT molecular complexity index is 1380. The summed E-state index contributed by atoms with van der Waals surface area (Å²) in [6.07, 6.45) is -1.20. The summed E-state index contributed by atoms with van der Waals surface area (Å²) < 4.78 is 46.0. The zero-order valence-electron chi connectivity index (χ0n) is 19.1. The van der Waals surface area contributed by atoms with Crippen LogP contribution < -0.4 is 10.6 Å². The van der Waals surface area contributed by atoms with Gasteiger partial charge in [-0.05, 0) is 49.4 Å². The van der Waals surface area contributed by atoms with Crippen molar-refractivity contribution in [3.8, 4) is 6.07 Å². The van der Waals surface area contributed by atoms with Crippen LogP contribution >= 0.6 is 0 Å². The van der Waals surface area contributed by atoms with Crippen molar-refractivity contribution in [3.05, 3.63) is 41.1 Å². The number of hydrogen-bond acceptors (Lipinski definition) is 8. The summed E-state index contributed by atoms with van der Waals surface area (Å²) in [6, 6.07) is 3.02. The summed E-state index contributed by atoms with van der Waals surface area (Å²) in [6.45, 7) is 1.64. The molecule has 2 fully saturated rings. The van der Waals surface area contributed by atoms with Crippen LogP contribution in [0, 0.1) is 29.1 Å². The van der Waals surface area contributed by atoms with E-state index in [4.69, 9.17) is 0 Å². The second-order valence-corrected chi connectivity index (χ2v) is 9.43. The molecular weight excluding hydrogens is 481 g/mol. The number of nitriles is 1. The SMILES string of the molecule is Cc1nonc1C(=O)NCc1cn2ncc(C(NC(=O)CC3(C(F)(F)F)CC3)C3(C#N)CC3)cc2n1. The molecule has 2 saturated carbocycles. The van der Waals surface area contributed by atoms with Gasteiger partial charge in [-0.25, -0.2) is 14.1 Å². The third-order valence-corrected chi connectivity index (χ3v) is 6.85. The van der Waals surface area contributed by atoms with E-state index >= 15 is 0 Å². The minimum absolute atomic E-state index is 0.0579. The molecule has 1 atom stereocenters. The predicted octanol–water partition coefficient (Wildman–Crippen LogP) is 2.54. The maximum absolute atomic E-state index is 13.3. The maximum Gasteiger partial charge on any atom is 0.395 e. The van der Waals surface area contributed by atoms with Crippen molar-refractivity contribution in [3.63, 3.8) is 0 Å². The van der Waals surface area contributed by atoms with Gasteiger partial charge < -0.3 is 10.6 Å². The van der Waals surface area contributed by atoms with Gasteiger partial charge >= 0.3 is 6.18 Å². The van der Waals surface area contributed by atoms with Crippen molar-refractivity contribution >= 4 is 17.5 Å². The number of amides is 2. The quantitative estimate of drug-likeness (QED) is 0.477. The Morgan fingerprint density at radius 3 is 2.61 bits per heavy atom. The van der Waals surface area contributed by atoms with Crippen LogP contribution in [-0.4, -0.2) is 42.9 Å². The molecule has 0 spiro atoms. The lowest BCUT2D eigenvalue weighted by Crippen LogP contribution is -2.38. The van der Waals surface area contributed by atoms with Crippen molar-refractivity contribution in [1.82, 2.24) is 35.5 Å². The second kappa shape index (κ2) is 8.28. The molecule has 2 aliphatic rings. The van der Waals surface area contributed by atoms with E-state index in [0.717, 1.165) is 0 Å². The Balaban J connectivity index is 1.33. The van der Waals surface area contributed by atoms with Gasteiger partial charge in [-0.3, -0.25) is 9.59 Å². The van der Waals surface area contributed by atoms with Crippen LogP contribution in [0.3, 0.4) is 0 Å². The minimum atomic E-state index is -4.45. The van der Waals surface area contributed by atoms with Gasteiger partial charge in [0.15, 0.2) is 11.3 Å². The van der Waals surface area contributed by atoms with Gasteiger partial charge in [-0.1, -0.05) is 5.16 Å². The Morgan fingerprint density at radius 1 is 1.28 bits per heavy atom. The van der Waals surface area contributed by atoms with Gasteiger partial charge in [-0.2, -0.15) is 23.5 Å². The molecule has 0 saturated heterocycles. The highest BCUT2D eigenvalue weighted by atomic mass is 19.4. The largest absolute Gasteiger partial charge is 0.395 e. The number of rotatable bonds is 8. The number of halogens is 3. The van der Waals surface area contributed by atoms with Gasteiger partial charge in [-0.15, -0.1) is 0 Å². The molecule has 11 nitrogen and oxygen atoms in total. The van der Waals surface area contributed by atoms with Crippen molar-refractivity contribution < 1.29 is 27.4 Å². The first-order chi connectivity index (χ1) is 17.1. The minimum Gasteiger partial charge on any atom is -0.348 e. The van der Waals surface area contributed by atoms with Crippen molar-refractivity contribution in [1.29, 1.82) is 5.26 Å². The number of carbonyl (C=O) groups is 2. The standard InChI is InChI=1S/C22H21F3N8O3/c1-12-17(32-36-31-12)19(35)27-9-14-10-33-15(29-14)6-13(8-28-33)18(20(11-26)2-3-20)30-16(34)7-21(4-5-21)22(23,24)25/h6,8,10,18H,2-5,7,9H2,1H3,(H,27,35)(H,30,34). The maximum atomic E-state index is 13.3. The highest BCUT2D eigenvalue weighted by Crippen LogP contribution is 2.60. The zero-order valence-corrected chi connectivity index (χ0v) is 19.1. The lowest BCUT2D eigenvalue weighted by Gasteiger charge is -2.25. The van der Waals surface area contributed by atoms with E-state index in [9.17, 15) is 28.0 Å². The van der Waals surface area contributed by atoms with E-state index in [0.29, 0.717) is 35.4 Å². The summed E-state index contributed by atoms with van der Waals surface area (Å²) in [5.74, 6) is -1.24. The molecule has 36 heavy (non-hydrogen) atoms. The summed E-state index contributed by atoms with van der Waals surface area (Å²) >= 11 is 0. The first kappa shape index (κ1) is 23.7. The van der Waals surface area contributed by atoms with Crippen LogP contribution in [0.2, 0.25) is 0 Å². The predicted molar refractivity (Wildman–Crippen MR) is 114 cm³/mol. The molecule has 5 rings (SSSR count). The van der Waals surface area contributed by atoms with Gasteiger partial charge in [0.05, 0.1) is 47.6 Å². The number of fused-ring (bicyclic) bond motifs is 1. The number of aryl methyl sites for hydroxylation is 1. The molecule has 0 aliphatic heterocycles. The molecule has 1 unspecified atom stereocenters. The van der Waals surface area contributed by atoms with Crippen LogP contribution in [0.1, 0.15) is 65.6 Å². The molecule has 14 heteroatoms. The van der Waals surface area contributed by atoms with E-state index in [-0.39, 0.29) is 25.1 Å². The van der Waals surface area contributed by atoms with Crippen LogP contribution in [0.4, 0.5) is 13.2 Å². The highest BCUT2D eigenvalue weighted by molar-refractivity contribution is 5.92. The monoisotopic (exact) mass is 502 g/mol. The lowest BCUT2D eigenvalue weighted by molar-refractivity contribution is -0.190. The molecule has 0 aromatic carbocycles. The summed E-state index contributed by atoms with van der Waals surface area (Å²) in [5.41, 5.74) is -1.15. The lowest BCUT2D eigenvalue weighted by atomic mass is 9.91. The van der Waals surface area contributed by atoms with E-state index < -0.39 is 41.3 Å². The van der Waals surface area contributed by atoms with E-state index in [1.54, 1.807) is 19.2 Å². The Labute approximate surface area is 202 Å². The highest BCUT2D eigenvalue weighted by Gasteiger charge is 2.64. The Kier molecular flexibility index (Phi) is 5.46. The van der Waals surface area contributed by atoms with E-state index in [2.05, 4.69) is 41.7 Å². The summed E-state index contributed by atoms with van der Waals surface area (Å²) in [4.78, 5) is 29.3.